The Labute approximate surface area is 97.5 Å². The first kappa shape index (κ1) is 11.1. The molecular weight excluding hydrogens is 226 g/mol. The van der Waals surface area contributed by atoms with E-state index in [1.54, 1.807) is 23.3 Å². The van der Waals surface area contributed by atoms with Gasteiger partial charge in [-0.25, -0.2) is 4.79 Å². The van der Waals surface area contributed by atoms with Crippen molar-refractivity contribution in [2.24, 2.45) is 0 Å². The Kier molecular flexibility index (Phi) is 3.21. The highest BCUT2D eigenvalue weighted by atomic mass is 32.1. The van der Waals surface area contributed by atoms with Gasteiger partial charge in [-0.3, -0.25) is 10.7 Å². The van der Waals surface area contributed by atoms with Gasteiger partial charge < -0.3 is 9.64 Å². The molecule has 0 aromatic carbocycles. The molecule has 0 spiro atoms. The molecule has 0 saturated carbocycles. The highest BCUT2D eigenvalue weighted by Crippen LogP contribution is 2.28. The molecule has 86 valence electrons. The average molecular weight is 239 g/mol. The predicted octanol–water partition coefficient (Wildman–Crippen LogP) is 1.44. The number of amidine groups is 1. The minimum Gasteiger partial charge on any atom is -0.383 e. The van der Waals surface area contributed by atoms with Crippen LogP contribution in [0.3, 0.4) is 0 Å². The lowest BCUT2D eigenvalue weighted by Crippen LogP contribution is -2.32. The zero-order valence-electron chi connectivity index (χ0n) is 8.90. The fourth-order valence-electron chi connectivity index (χ4n) is 1.69. The Morgan fingerprint density at radius 1 is 1.69 bits per heavy atom. The quantitative estimate of drug-likeness (QED) is 0.835. The number of carbonyl (C=O) groups is 1. The van der Waals surface area contributed by atoms with Gasteiger partial charge in [0, 0.05) is 18.5 Å². The summed E-state index contributed by atoms with van der Waals surface area (Å²) in [7, 11) is 1.60. The van der Waals surface area contributed by atoms with Crippen LogP contribution in [-0.4, -0.2) is 37.0 Å². The second-order valence-corrected chi connectivity index (χ2v) is 4.43. The number of ether oxygens (including phenoxy) is 1. The van der Waals surface area contributed by atoms with E-state index in [0.29, 0.717) is 13.2 Å². The number of carbonyl (C=O) groups excluding carboxylic acids is 1. The summed E-state index contributed by atoms with van der Waals surface area (Å²) in [6.45, 7) is 0.968. The largest absolute Gasteiger partial charge is 0.383 e. The topological polar surface area (TPSA) is 65.4 Å². The summed E-state index contributed by atoms with van der Waals surface area (Å²) >= 11 is 1.55. The Hall–Kier alpha value is -1.40. The molecule has 2 amide bonds. The van der Waals surface area contributed by atoms with Gasteiger partial charge in [-0.2, -0.15) is 0 Å². The minimum atomic E-state index is -0.275. The Balaban J connectivity index is 2.19. The van der Waals surface area contributed by atoms with Gasteiger partial charge in [-0.15, -0.1) is 11.3 Å². The fourth-order valence-corrected chi connectivity index (χ4v) is 2.54. The van der Waals surface area contributed by atoms with E-state index in [4.69, 9.17) is 10.1 Å². The number of nitrogens with one attached hydrogen (secondary N) is 2. The summed E-state index contributed by atoms with van der Waals surface area (Å²) in [5.74, 6) is 0.239. The summed E-state index contributed by atoms with van der Waals surface area (Å²) in [5, 5.41) is 12.3. The van der Waals surface area contributed by atoms with E-state index >= 15 is 0 Å². The van der Waals surface area contributed by atoms with Crippen LogP contribution in [0.25, 0.3) is 0 Å². The lowest BCUT2D eigenvalue weighted by molar-refractivity contribution is 0.151. The van der Waals surface area contributed by atoms with Gasteiger partial charge in [0.05, 0.1) is 6.61 Å². The predicted molar refractivity (Wildman–Crippen MR) is 61.9 cm³/mol. The highest BCUT2D eigenvalue weighted by molar-refractivity contribution is 7.10. The van der Waals surface area contributed by atoms with Gasteiger partial charge in [0.25, 0.3) is 0 Å². The normalized spacial score (nSPS) is 20.3. The highest BCUT2D eigenvalue weighted by Gasteiger charge is 2.36. The van der Waals surface area contributed by atoms with Crippen molar-refractivity contribution in [3.8, 4) is 0 Å². The smallest absolute Gasteiger partial charge is 0.323 e. The molecule has 2 N–H and O–H groups in total. The van der Waals surface area contributed by atoms with Crippen molar-refractivity contribution in [1.29, 1.82) is 5.41 Å². The molecule has 0 aliphatic carbocycles. The van der Waals surface area contributed by atoms with E-state index in [1.165, 1.54) is 0 Å². The van der Waals surface area contributed by atoms with E-state index in [9.17, 15) is 4.79 Å². The molecule has 2 heterocycles. The molecule has 1 fully saturated rings. The number of urea groups is 1. The van der Waals surface area contributed by atoms with Crippen molar-refractivity contribution in [3.05, 3.63) is 22.4 Å². The molecule has 0 bridgehead atoms. The average Bonchev–Trinajstić information content (AvgIpc) is 2.83. The number of rotatable bonds is 4. The number of thiophene rings is 1. The lowest BCUT2D eigenvalue weighted by atomic mass is 10.2. The van der Waals surface area contributed by atoms with Crippen molar-refractivity contribution in [3.63, 3.8) is 0 Å². The maximum Gasteiger partial charge on any atom is 0.323 e. The van der Waals surface area contributed by atoms with Crippen molar-refractivity contribution in [1.82, 2.24) is 10.2 Å². The first-order valence-electron chi connectivity index (χ1n) is 4.92. The summed E-state index contributed by atoms with van der Waals surface area (Å²) < 4.78 is 4.96. The van der Waals surface area contributed by atoms with Crippen LogP contribution in [0.5, 0.6) is 0 Å². The van der Waals surface area contributed by atoms with E-state index in [0.717, 1.165) is 4.88 Å². The van der Waals surface area contributed by atoms with Crippen molar-refractivity contribution in [2.75, 3.05) is 20.3 Å². The monoisotopic (exact) mass is 239 g/mol. The van der Waals surface area contributed by atoms with E-state index in [1.807, 2.05) is 17.5 Å². The molecular formula is C10H13N3O2S. The van der Waals surface area contributed by atoms with Crippen LogP contribution < -0.4 is 5.32 Å². The Bertz CT molecular complexity index is 391. The van der Waals surface area contributed by atoms with Gasteiger partial charge in [-0.05, 0) is 11.4 Å². The third-order valence-electron chi connectivity index (χ3n) is 2.44. The van der Waals surface area contributed by atoms with E-state index in [-0.39, 0.29) is 17.9 Å². The molecule has 1 unspecified atom stereocenters. The van der Waals surface area contributed by atoms with Crippen molar-refractivity contribution >= 4 is 23.2 Å². The summed E-state index contributed by atoms with van der Waals surface area (Å²) in [5.41, 5.74) is 0. The van der Waals surface area contributed by atoms with Crippen molar-refractivity contribution in [2.45, 2.75) is 6.04 Å². The SMILES string of the molecule is COCCN1C(=O)NC(=N)C1c1cccs1. The standard InChI is InChI=1S/C10H13N3O2S/c1-15-5-4-13-8(7-3-2-6-16-7)9(11)12-10(13)14/h2-3,6,8H,4-5H2,1H3,(H2,11,12,14). The first-order chi connectivity index (χ1) is 7.74. The van der Waals surface area contributed by atoms with E-state index < -0.39 is 0 Å². The van der Waals surface area contributed by atoms with Crippen LogP contribution in [-0.2, 0) is 4.74 Å². The van der Waals surface area contributed by atoms with Crippen LogP contribution in [0.2, 0.25) is 0 Å². The maximum atomic E-state index is 11.6. The second-order valence-electron chi connectivity index (χ2n) is 3.45. The lowest BCUT2D eigenvalue weighted by Gasteiger charge is -2.20. The third kappa shape index (κ3) is 1.94. The van der Waals surface area contributed by atoms with Crippen LogP contribution in [0.15, 0.2) is 17.5 Å². The van der Waals surface area contributed by atoms with Gasteiger partial charge >= 0.3 is 6.03 Å². The van der Waals surface area contributed by atoms with Crippen LogP contribution >= 0.6 is 11.3 Å². The summed E-state index contributed by atoms with van der Waals surface area (Å²) in [6.07, 6.45) is 0. The van der Waals surface area contributed by atoms with Gasteiger partial charge in [0.15, 0.2) is 0 Å². The number of hydrogen-bond acceptors (Lipinski definition) is 4. The molecule has 16 heavy (non-hydrogen) atoms. The van der Waals surface area contributed by atoms with Crippen LogP contribution in [0.1, 0.15) is 10.9 Å². The zero-order chi connectivity index (χ0) is 11.5. The minimum absolute atomic E-state index is 0.222. The van der Waals surface area contributed by atoms with Crippen LogP contribution in [0.4, 0.5) is 4.79 Å². The Morgan fingerprint density at radius 2 is 2.50 bits per heavy atom. The van der Waals surface area contributed by atoms with Crippen LogP contribution in [0, 0.1) is 5.41 Å². The van der Waals surface area contributed by atoms with Crippen molar-refractivity contribution < 1.29 is 9.53 Å². The van der Waals surface area contributed by atoms with Gasteiger partial charge in [-0.1, -0.05) is 6.07 Å². The second kappa shape index (κ2) is 4.63. The maximum absolute atomic E-state index is 11.6. The molecule has 1 aliphatic rings. The fraction of sp³-hybridized carbons (Fsp3) is 0.400. The molecule has 1 saturated heterocycles. The summed E-state index contributed by atoms with van der Waals surface area (Å²) in [4.78, 5) is 14.2. The molecule has 1 aromatic heterocycles. The number of amides is 2. The molecule has 1 aromatic rings. The van der Waals surface area contributed by atoms with Gasteiger partial charge in [0.2, 0.25) is 0 Å². The molecule has 1 atom stereocenters. The molecule has 5 nitrogen and oxygen atoms in total. The molecule has 0 radical (unpaired) electrons. The third-order valence-corrected chi connectivity index (χ3v) is 3.36. The molecule has 2 rings (SSSR count). The van der Waals surface area contributed by atoms with E-state index in [2.05, 4.69) is 5.32 Å². The van der Waals surface area contributed by atoms with Gasteiger partial charge in [0.1, 0.15) is 11.9 Å². The number of nitrogens with zero attached hydrogens (tertiary/aromatic N) is 1. The molecule has 1 aliphatic heterocycles. The first-order valence-corrected chi connectivity index (χ1v) is 5.80. The number of hydrogen-bond donors (Lipinski definition) is 2. The number of methoxy groups -OCH3 is 1. The summed E-state index contributed by atoms with van der Waals surface area (Å²) in [6, 6.07) is 3.36. The Morgan fingerprint density at radius 3 is 3.12 bits per heavy atom. The zero-order valence-corrected chi connectivity index (χ0v) is 9.71. The molecule has 6 heteroatoms.